The molecule has 1 aromatic rings. The second-order valence-corrected chi connectivity index (χ2v) is 5.10. The highest BCUT2D eigenvalue weighted by molar-refractivity contribution is 5.99. The Bertz CT molecular complexity index is 500. The number of halogens is 1. The van der Waals surface area contributed by atoms with Gasteiger partial charge in [0.1, 0.15) is 5.82 Å². The van der Waals surface area contributed by atoms with Crippen LogP contribution in [0, 0.1) is 11.7 Å². The maximum absolute atomic E-state index is 13.5. The van der Waals surface area contributed by atoms with Crippen molar-refractivity contribution in [2.24, 2.45) is 5.92 Å². The van der Waals surface area contributed by atoms with E-state index >= 15 is 0 Å². The number of carbonyl (C=O) groups excluding carboxylic acids is 1. The lowest BCUT2D eigenvalue weighted by molar-refractivity contribution is -0.122. The molecule has 0 aromatic heterocycles. The number of carbonyl (C=O) groups is 1. The highest BCUT2D eigenvalue weighted by Gasteiger charge is 2.32. The summed E-state index contributed by atoms with van der Waals surface area (Å²) in [6.07, 6.45) is 0.760. The van der Waals surface area contributed by atoms with E-state index in [2.05, 4.69) is 0 Å². The molecule has 2 heterocycles. The van der Waals surface area contributed by atoms with E-state index in [9.17, 15) is 9.18 Å². The lowest BCUT2D eigenvalue weighted by Gasteiger charge is -2.36. The summed E-state index contributed by atoms with van der Waals surface area (Å²) < 4.78 is 18.7. The summed E-state index contributed by atoms with van der Waals surface area (Å²) in [5.41, 5.74) is 1.57. The van der Waals surface area contributed by atoms with Crippen LogP contribution in [-0.2, 0) is 9.53 Å². The number of hydrogen-bond acceptors (Lipinski definition) is 3. The normalized spacial score (nSPS) is 22.5. The van der Waals surface area contributed by atoms with Crippen molar-refractivity contribution in [1.82, 2.24) is 0 Å². The molecule has 2 aliphatic heterocycles. The molecule has 0 spiro atoms. The largest absolute Gasteiger partial charge is 0.381 e. The van der Waals surface area contributed by atoms with Gasteiger partial charge < -0.3 is 14.5 Å². The molecule has 1 unspecified atom stereocenters. The molecule has 102 valence electrons. The lowest BCUT2D eigenvalue weighted by Crippen LogP contribution is -2.45. The smallest absolute Gasteiger partial charge is 0.232 e. The van der Waals surface area contributed by atoms with Crippen molar-refractivity contribution in [3.05, 3.63) is 24.0 Å². The number of likely N-dealkylation sites (N-methyl/N-ethyl adjacent to an activating group) is 1. The molecule has 0 aliphatic carbocycles. The number of hydrogen-bond donors (Lipinski definition) is 0. The van der Waals surface area contributed by atoms with E-state index in [1.807, 2.05) is 11.9 Å². The van der Waals surface area contributed by atoms with Gasteiger partial charge in [0.25, 0.3) is 0 Å². The van der Waals surface area contributed by atoms with Crippen molar-refractivity contribution in [1.29, 1.82) is 0 Å². The van der Waals surface area contributed by atoms with E-state index in [1.165, 1.54) is 12.1 Å². The highest BCUT2D eigenvalue weighted by atomic mass is 19.1. The van der Waals surface area contributed by atoms with Gasteiger partial charge in [0.2, 0.25) is 5.91 Å². The summed E-state index contributed by atoms with van der Waals surface area (Å²) >= 11 is 0. The van der Waals surface area contributed by atoms with Crippen LogP contribution in [0.3, 0.4) is 0 Å². The maximum Gasteiger partial charge on any atom is 0.232 e. The number of rotatable bonds is 1. The van der Waals surface area contributed by atoms with Crippen LogP contribution in [0.1, 0.15) is 6.42 Å². The average Bonchev–Trinajstić information content (AvgIpc) is 2.92. The molecule has 1 saturated heterocycles. The molecule has 1 aromatic carbocycles. The van der Waals surface area contributed by atoms with Crippen molar-refractivity contribution >= 4 is 17.3 Å². The quantitative estimate of drug-likeness (QED) is 0.773. The predicted octanol–water partition coefficient (Wildman–Crippen LogP) is 1.64. The topological polar surface area (TPSA) is 32.8 Å². The van der Waals surface area contributed by atoms with Gasteiger partial charge in [-0.25, -0.2) is 4.39 Å². The second-order valence-electron chi connectivity index (χ2n) is 5.10. The molecule has 19 heavy (non-hydrogen) atoms. The van der Waals surface area contributed by atoms with Crippen molar-refractivity contribution in [2.75, 3.05) is 43.2 Å². The number of benzene rings is 1. The van der Waals surface area contributed by atoms with Crippen LogP contribution < -0.4 is 9.80 Å². The van der Waals surface area contributed by atoms with Crippen molar-refractivity contribution < 1.29 is 13.9 Å². The van der Waals surface area contributed by atoms with E-state index in [-0.39, 0.29) is 17.6 Å². The minimum absolute atomic E-state index is 0.0532. The van der Waals surface area contributed by atoms with Gasteiger partial charge in [-0.05, 0) is 24.6 Å². The van der Waals surface area contributed by atoms with Crippen molar-refractivity contribution in [3.63, 3.8) is 0 Å². The van der Waals surface area contributed by atoms with Crippen LogP contribution in [0.2, 0.25) is 0 Å². The van der Waals surface area contributed by atoms with Gasteiger partial charge in [-0.15, -0.1) is 0 Å². The van der Waals surface area contributed by atoms with Crippen molar-refractivity contribution in [2.45, 2.75) is 6.42 Å². The molecule has 0 saturated carbocycles. The Morgan fingerprint density at radius 2 is 2.21 bits per heavy atom. The average molecular weight is 264 g/mol. The van der Waals surface area contributed by atoms with Gasteiger partial charge >= 0.3 is 0 Å². The maximum atomic E-state index is 13.5. The number of ether oxygens (including phenoxy) is 1. The Morgan fingerprint density at radius 1 is 1.37 bits per heavy atom. The van der Waals surface area contributed by atoms with Gasteiger partial charge in [-0.1, -0.05) is 0 Å². The first kappa shape index (κ1) is 12.4. The summed E-state index contributed by atoms with van der Waals surface area (Å²) in [7, 11) is 1.96. The fourth-order valence-corrected chi connectivity index (χ4v) is 2.71. The van der Waals surface area contributed by atoms with Gasteiger partial charge in [-0.3, -0.25) is 4.79 Å². The van der Waals surface area contributed by atoms with Crippen LogP contribution in [0.5, 0.6) is 0 Å². The molecule has 2 aliphatic rings. The van der Waals surface area contributed by atoms with E-state index in [4.69, 9.17) is 4.74 Å². The summed E-state index contributed by atoms with van der Waals surface area (Å²) in [5, 5.41) is 0. The zero-order chi connectivity index (χ0) is 13.4. The second kappa shape index (κ2) is 4.81. The molecule has 5 heteroatoms. The fraction of sp³-hybridized carbons (Fsp3) is 0.500. The number of fused-ring (bicyclic) bond motifs is 1. The Hall–Kier alpha value is -1.62. The molecule has 1 fully saturated rings. The number of anilines is 2. The molecule has 1 amide bonds. The van der Waals surface area contributed by atoms with Crippen LogP contribution in [0.25, 0.3) is 0 Å². The SMILES string of the molecule is CN1CCN(C(=O)C2CCOC2)c2cc(F)ccc21. The first-order chi connectivity index (χ1) is 9.16. The van der Waals surface area contributed by atoms with Crippen molar-refractivity contribution in [3.8, 4) is 0 Å². The zero-order valence-corrected chi connectivity index (χ0v) is 10.9. The zero-order valence-electron chi connectivity index (χ0n) is 10.9. The van der Waals surface area contributed by atoms with E-state index in [0.29, 0.717) is 25.4 Å². The van der Waals surface area contributed by atoms with Gasteiger partial charge in [-0.2, -0.15) is 0 Å². The molecule has 3 rings (SSSR count). The third-order valence-electron chi connectivity index (χ3n) is 3.84. The number of amides is 1. The monoisotopic (exact) mass is 264 g/mol. The standard InChI is InChI=1S/C14H17FN2O2/c1-16-5-6-17(14(18)10-4-7-19-9-10)13-8-11(15)2-3-12(13)16/h2-3,8,10H,4-7,9H2,1H3. The summed E-state index contributed by atoms with van der Waals surface area (Å²) in [6, 6.07) is 4.61. The molecular weight excluding hydrogens is 247 g/mol. The van der Waals surface area contributed by atoms with Crippen LogP contribution in [0.4, 0.5) is 15.8 Å². The van der Waals surface area contributed by atoms with Gasteiger partial charge in [0.05, 0.1) is 23.9 Å². The third kappa shape index (κ3) is 2.18. The summed E-state index contributed by atoms with van der Waals surface area (Å²) in [4.78, 5) is 16.2. The Kier molecular flexibility index (Phi) is 3.14. The third-order valence-corrected chi connectivity index (χ3v) is 3.84. The molecule has 0 bridgehead atoms. The predicted molar refractivity (Wildman–Crippen MR) is 70.9 cm³/mol. The minimum Gasteiger partial charge on any atom is -0.381 e. The van der Waals surface area contributed by atoms with Crippen LogP contribution >= 0.6 is 0 Å². The molecule has 0 N–H and O–H groups in total. The summed E-state index contributed by atoms with van der Waals surface area (Å²) in [5.74, 6) is -0.341. The molecular formula is C14H17FN2O2. The van der Waals surface area contributed by atoms with E-state index in [0.717, 1.165) is 18.7 Å². The molecule has 1 atom stereocenters. The Morgan fingerprint density at radius 3 is 2.95 bits per heavy atom. The summed E-state index contributed by atoms with van der Waals surface area (Å²) in [6.45, 7) is 2.48. The van der Waals surface area contributed by atoms with E-state index in [1.54, 1.807) is 11.0 Å². The van der Waals surface area contributed by atoms with Crippen LogP contribution in [0.15, 0.2) is 18.2 Å². The van der Waals surface area contributed by atoms with E-state index < -0.39 is 0 Å². The minimum atomic E-state index is -0.311. The molecule has 0 radical (unpaired) electrons. The molecule has 4 nitrogen and oxygen atoms in total. The highest BCUT2D eigenvalue weighted by Crippen LogP contribution is 2.34. The fourth-order valence-electron chi connectivity index (χ4n) is 2.71. The Labute approximate surface area is 111 Å². The Balaban J connectivity index is 1.93. The van der Waals surface area contributed by atoms with Crippen LogP contribution in [-0.4, -0.2) is 39.3 Å². The first-order valence-corrected chi connectivity index (χ1v) is 6.56. The van der Waals surface area contributed by atoms with Gasteiger partial charge in [0.15, 0.2) is 0 Å². The lowest BCUT2D eigenvalue weighted by atomic mass is 10.1. The first-order valence-electron chi connectivity index (χ1n) is 6.56. The van der Waals surface area contributed by atoms with Gasteiger partial charge in [0, 0.05) is 26.7 Å². The number of nitrogens with zero attached hydrogens (tertiary/aromatic N) is 2.